The number of sulfone groups is 1. The maximum atomic E-state index is 14.3. The fraction of sp³-hybridized carbons (Fsp3) is 0.263. The van der Waals surface area contributed by atoms with Crippen molar-refractivity contribution < 1.29 is 27.5 Å². The number of hydrazone groups is 1. The van der Waals surface area contributed by atoms with Crippen LogP contribution in [0.4, 0.5) is 17.1 Å². The number of carbonyl (C=O) groups excluding carboxylic acids is 3. The number of nitrogens with one attached hydrogen (secondary N) is 3. The molecule has 266 valence electrons. The number of amidine groups is 1. The smallest absolute Gasteiger partial charge is 0.302 e. The molecule has 1 atom stereocenters. The molecule has 0 saturated heterocycles. The van der Waals surface area contributed by atoms with E-state index < -0.39 is 33.2 Å². The van der Waals surface area contributed by atoms with Gasteiger partial charge < -0.3 is 25.6 Å². The summed E-state index contributed by atoms with van der Waals surface area (Å²) in [6.45, 7) is 9.02. The molecule has 0 radical (unpaired) electrons. The van der Waals surface area contributed by atoms with Gasteiger partial charge in [-0.05, 0) is 93.9 Å². The first kappa shape index (κ1) is 36.6. The predicted molar refractivity (Wildman–Crippen MR) is 199 cm³/mol. The number of carbonyl (C=O) groups is 3. The predicted octanol–water partition coefficient (Wildman–Crippen LogP) is 5.12. The third-order valence-electron chi connectivity index (χ3n) is 8.29. The molecule has 0 aromatic heterocycles. The Kier molecular flexibility index (Phi) is 11.4. The van der Waals surface area contributed by atoms with Crippen LogP contribution in [-0.4, -0.2) is 63.1 Å². The fourth-order valence-corrected chi connectivity index (χ4v) is 6.92. The second kappa shape index (κ2) is 15.9. The number of aryl methyl sites for hydroxylation is 1. The van der Waals surface area contributed by atoms with Gasteiger partial charge in [-0.1, -0.05) is 42.0 Å². The molecule has 5 rings (SSSR count). The summed E-state index contributed by atoms with van der Waals surface area (Å²) in [5, 5.41) is 14.3. The molecular weight excluding hydrogens is 669 g/mol. The van der Waals surface area contributed by atoms with E-state index in [1.165, 1.54) is 13.0 Å². The number of anilines is 3. The van der Waals surface area contributed by atoms with Crippen molar-refractivity contribution in [3.05, 3.63) is 114 Å². The Morgan fingerprint density at radius 1 is 0.902 bits per heavy atom. The first-order valence-corrected chi connectivity index (χ1v) is 18.3. The molecule has 1 heterocycles. The summed E-state index contributed by atoms with van der Waals surface area (Å²) in [5.41, 5.74) is 1.11. The lowest BCUT2D eigenvalue weighted by Crippen LogP contribution is -2.67. The van der Waals surface area contributed by atoms with E-state index >= 15 is 0 Å². The lowest BCUT2D eigenvalue weighted by Gasteiger charge is -2.31. The Balaban J connectivity index is 1.37. The standard InChI is InChI=1S/C38H42N6O6S/c1-5-43(6-2)31-20-18-30(19-21-31)41-38(40-28(4)45)36(42-44(37(38)47)32-13-8-7-9-14-32)39-35(46)29-12-10-15-33(26-29)50-24-11-25-51(48,49)34-22-16-27(3)17-23-34/h7-10,12-23,26,41H,5-6,11,24-25H2,1-4H3,(H,40,45)(H,39,42,46). The zero-order chi connectivity index (χ0) is 36.6. The molecular formula is C38H42N6O6S. The first-order valence-electron chi connectivity index (χ1n) is 16.7. The van der Waals surface area contributed by atoms with Crippen molar-refractivity contribution in [1.29, 1.82) is 0 Å². The number of ether oxygens (including phenoxy) is 1. The van der Waals surface area contributed by atoms with Crippen molar-refractivity contribution in [3.63, 3.8) is 0 Å². The highest BCUT2D eigenvalue weighted by molar-refractivity contribution is 7.91. The third kappa shape index (κ3) is 8.55. The summed E-state index contributed by atoms with van der Waals surface area (Å²) in [6.07, 6.45) is 0.238. The van der Waals surface area contributed by atoms with Gasteiger partial charge in [-0.25, -0.2) is 8.42 Å². The van der Waals surface area contributed by atoms with Crippen LogP contribution in [-0.2, 0) is 19.4 Å². The second-order valence-corrected chi connectivity index (χ2v) is 14.1. The molecule has 13 heteroatoms. The molecule has 3 N–H and O–H groups in total. The van der Waals surface area contributed by atoms with Crippen molar-refractivity contribution in [2.75, 3.05) is 40.7 Å². The number of nitrogens with zero attached hydrogens (tertiary/aromatic N) is 3. The van der Waals surface area contributed by atoms with Crippen LogP contribution >= 0.6 is 0 Å². The van der Waals surface area contributed by atoms with Gasteiger partial charge in [0.05, 0.1) is 22.9 Å². The van der Waals surface area contributed by atoms with Gasteiger partial charge in [0, 0.05) is 37.0 Å². The Labute approximate surface area is 298 Å². The molecule has 0 fully saturated rings. The molecule has 0 bridgehead atoms. The average molecular weight is 711 g/mol. The minimum atomic E-state index is -3.47. The first-order chi connectivity index (χ1) is 24.5. The summed E-state index contributed by atoms with van der Waals surface area (Å²) in [7, 11) is -3.47. The topological polar surface area (TPSA) is 150 Å². The van der Waals surface area contributed by atoms with Crippen LogP contribution in [0, 0.1) is 6.92 Å². The summed E-state index contributed by atoms with van der Waals surface area (Å²) < 4.78 is 31.3. The molecule has 4 aromatic rings. The largest absolute Gasteiger partial charge is 0.494 e. The lowest BCUT2D eigenvalue weighted by molar-refractivity contribution is -0.127. The number of hydrogen-bond donors (Lipinski definition) is 3. The minimum Gasteiger partial charge on any atom is -0.494 e. The van der Waals surface area contributed by atoms with Crippen LogP contribution in [0.3, 0.4) is 0 Å². The van der Waals surface area contributed by atoms with Crippen LogP contribution < -0.4 is 30.6 Å². The number of amides is 3. The van der Waals surface area contributed by atoms with E-state index in [-0.39, 0.29) is 35.1 Å². The molecule has 3 amide bonds. The highest BCUT2D eigenvalue weighted by Gasteiger charge is 2.54. The number of hydrogen-bond acceptors (Lipinski definition) is 9. The molecule has 12 nitrogen and oxygen atoms in total. The van der Waals surface area contributed by atoms with E-state index in [0.717, 1.165) is 29.3 Å². The van der Waals surface area contributed by atoms with Gasteiger partial charge in [0.1, 0.15) is 5.75 Å². The van der Waals surface area contributed by atoms with Crippen molar-refractivity contribution in [1.82, 2.24) is 10.6 Å². The molecule has 1 unspecified atom stereocenters. The quantitative estimate of drug-likeness (QED) is 0.121. The molecule has 0 saturated carbocycles. The van der Waals surface area contributed by atoms with Crippen molar-refractivity contribution >= 4 is 50.5 Å². The summed E-state index contributed by atoms with van der Waals surface area (Å²) in [6, 6.07) is 29.1. The van der Waals surface area contributed by atoms with E-state index in [0.29, 0.717) is 17.1 Å². The van der Waals surface area contributed by atoms with Crippen molar-refractivity contribution in [3.8, 4) is 5.75 Å². The van der Waals surface area contributed by atoms with E-state index in [9.17, 15) is 22.8 Å². The molecule has 4 aromatic carbocycles. The SMILES string of the molecule is CCN(CC)c1ccc(NC2(NC(C)=O)C(=O)N(c3ccccc3)N=C2NC(=O)c2cccc(OCCCS(=O)(=O)c3ccc(C)cc3)c2)cc1. The molecule has 51 heavy (non-hydrogen) atoms. The maximum Gasteiger partial charge on any atom is 0.302 e. The summed E-state index contributed by atoms with van der Waals surface area (Å²) in [4.78, 5) is 43.1. The van der Waals surface area contributed by atoms with Gasteiger partial charge in [0.25, 0.3) is 11.6 Å². The number of para-hydroxylation sites is 1. The second-order valence-electron chi connectivity index (χ2n) is 12.0. The maximum absolute atomic E-state index is 14.3. The highest BCUT2D eigenvalue weighted by atomic mass is 32.2. The van der Waals surface area contributed by atoms with Crippen LogP contribution in [0.15, 0.2) is 113 Å². The van der Waals surface area contributed by atoms with Crippen molar-refractivity contribution in [2.24, 2.45) is 5.10 Å². The minimum absolute atomic E-state index is 0.0988. The molecule has 0 aliphatic carbocycles. The Morgan fingerprint density at radius 3 is 2.24 bits per heavy atom. The summed E-state index contributed by atoms with van der Waals surface area (Å²) >= 11 is 0. The van der Waals surface area contributed by atoms with Crippen LogP contribution in [0.25, 0.3) is 0 Å². The molecule has 0 spiro atoms. The van der Waals surface area contributed by atoms with E-state index in [1.807, 2.05) is 19.1 Å². The molecule has 1 aliphatic rings. The lowest BCUT2D eigenvalue weighted by atomic mass is 10.1. The van der Waals surface area contributed by atoms with Crippen molar-refractivity contribution in [2.45, 2.75) is 44.7 Å². The van der Waals surface area contributed by atoms with Gasteiger partial charge in [0.2, 0.25) is 5.91 Å². The number of rotatable bonds is 14. The van der Waals surface area contributed by atoms with Crippen LogP contribution in [0.1, 0.15) is 43.1 Å². The van der Waals surface area contributed by atoms with Gasteiger partial charge in [-0.2, -0.15) is 5.01 Å². The monoisotopic (exact) mass is 710 g/mol. The van der Waals surface area contributed by atoms with Gasteiger partial charge >= 0.3 is 5.91 Å². The van der Waals surface area contributed by atoms with Gasteiger partial charge in [0.15, 0.2) is 15.7 Å². The molecule has 1 aliphatic heterocycles. The van der Waals surface area contributed by atoms with Gasteiger partial charge in [-0.15, -0.1) is 5.10 Å². The number of benzene rings is 4. The third-order valence-corrected chi connectivity index (χ3v) is 10.1. The van der Waals surface area contributed by atoms with E-state index in [4.69, 9.17) is 4.74 Å². The average Bonchev–Trinajstić information content (AvgIpc) is 3.37. The van der Waals surface area contributed by atoms with Crippen LogP contribution in [0.5, 0.6) is 5.75 Å². The van der Waals surface area contributed by atoms with Gasteiger partial charge in [-0.3, -0.25) is 14.4 Å². The van der Waals surface area contributed by atoms with E-state index in [1.54, 1.807) is 84.9 Å². The zero-order valence-electron chi connectivity index (χ0n) is 29.0. The Morgan fingerprint density at radius 2 is 1.59 bits per heavy atom. The Bertz CT molecular complexity index is 2000. The highest BCUT2D eigenvalue weighted by Crippen LogP contribution is 2.29. The fourth-order valence-electron chi connectivity index (χ4n) is 5.63. The zero-order valence-corrected chi connectivity index (χ0v) is 29.9. The van der Waals surface area contributed by atoms with Crippen LogP contribution in [0.2, 0.25) is 0 Å². The normalized spacial score (nSPS) is 15.6. The summed E-state index contributed by atoms with van der Waals surface area (Å²) in [5.74, 6) is -1.67. The van der Waals surface area contributed by atoms with E-state index in [2.05, 4.69) is 39.8 Å². The Hall–Kier alpha value is -5.69.